The molecule has 0 saturated heterocycles. The topological polar surface area (TPSA) is 26.0 Å². The van der Waals surface area contributed by atoms with Gasteiger partial charge in [-0.3, -0.25) is 0 Å². The van der Waals surface area contributed by atoms with E-state index in [4.69, 9.17) is 5.73 Å². The second-order valence-electron chi connectivity index (χ2n) is 5.94. The molecule has 3 rings (SSSR count). The van der Waals surface area contributed by atoms with Crippen LogP contribution in [0.1, 0.15) is 31.4 Å². The zero-order chi connectivity index (χ0) is 12.8. The summed E-state index contributed by atoms with van der Waals surface area (Å²) in [5, 5.41) is 0. The number of nitrogens with two attached hydrogens (primary N) is 1. The van der Waals surface area contributed by atoms with Gasteiger partial charge in [0, 0.05) is 5.41 Å². The fourth-order valence-electron chi connectivity index (χ4n) is 3.59. The van der Waals surface area contributed by atoms with Crippen LogP contribution in [0.3, 0.4) is 0 Å². The fourth-order valence-corrected chi connectivity index (χ4v) is 3.59. The molecular formula is C17H21N. The minimum Gasteiger partial charge on any atom is -0.321 e. The minimum atomic E-state index is -0.232. The first-order valence-corrected chi connectivity index (χ1v) is 6.81. The molecule has 2 aliphatic carbocycles. The molecular weight excluding hydrogens is 218 g/mol. The predicted octanol–water partition coefficient (Wildman–Crippen LogP) is 3.56. The molecule has 0 spiro atoms. The van der Waals surface area contributed by atoms with Gasteiger partial charge in [-0.05, 0) is 29.9 Å². The summed E-state index contributed by atoms with van der Waals surface area (Å²) >= 11 is 0. The van der Waals surface area contributed by atoms with Crippen LogP contribution >= 0.6 is 0 Å². The number of hydrogen-bond acceptors (Lipinski definition) is 1. The van der Waals surface area contributed by atoms with E-state index in [1.807, 2.05) is 0 Å². The Morgan fingerprint density at radius 3 is 2.78 bits per heavy atom. The van der Waals surface area contributed by atoms with E-state index in [2.05, 4.69) is 62.4 Å². The van der Waals surface area contributed by atoms with Gasteiger partial charge in [0.15, 0.2) is 0 Å². The fraction of sp³-hybridized carbons (Fsp3) is 0.412. The van der Waals surface area contributed by atoms with E-state index in [0.717, 1.165) is 12.8 Å². The first kappa shape index (κ1) is 11.7. The molecule has 0 saturated carbocycles. The molecule has 0 amide bonds. The molecule has 0 heterocycles. The van der Waals surface area contributed by atoms with Gasteiger partial charge >= 0.3 is 0 Å². The van der Waals surface area contributed by atoms with Crippen LogP contribution in [0, 0.1) is 11.3 Å². The molecule has 0 fully saturated rings. The summed E-state index contributed by atoms with van der Waals surface area (Å²) < 4.78 is 0. The van der Waals surface area contributed by atoms with Gasteiger partial charge in [0.2, 0.25) is 0 Å². The Morgan fingerprint density at radius 1 is 1.22 bits per heavy atom. The first-order valence-electron chi connectivity index (χ1n) is 6.81. The molecule has 1 heteroatoms. The number of benzene rings is 1. The van der Waals surface area contributed by atoms with Crippen LogP contribution in [0.5, 0.6) is 0 Å². The van der Waals surface area contributed by atoms with Crippen molar-refractivity contribution in [2.75, 3.05) is 0 Å². The number of fused-ring (bicyclic) bond motifs is 1. The molecule has 1 aromatic rings. The summed E-state index contributed by atoms with van der Waals surface area (Å²) in [5.41, 5.74) is 9.44. The molecule has 0 bridgehead atoms. The zero-order valence-electron chi connectivity index (χ0n) is 11.2. The van der Waals surface area contributed by atoms with E-state index < -0.39 is 0 Å². The van der Waals surface area contributed by atoms with Crippen LogP contribution in [0.15, 0.2) is 48.6 Å². The highest BCUT2D eigenvalue weighted by atomic mass is 14.8. The van der Waals surface area contributed by atoms with Crippen LogP contribution in [0.4, 0.5) is 0 Å². The maximum absolute atomic E-state index is 6.88. The summed E-state index contributed by atoms with van der Waals surface area (Å²) in [6.07, 6.45) is 11.0. The zero-order valence-corrected chi connectivity index (χ0v) is 11.2. The normalized spacial score (nSPS) is 37.8. The molecule has 3 unspecified atom stereocenters. The minimum absolute atomic E-state index is 0.00829. The van der Waals surface area contributed by atoms with E-state index in [1.54, 1.807) is 0 Å². The van der Waals surface area contributed by atoms with Crippen molar-refractivity contribution in [3.63, 3.8) is 0 Å². The largest absolute Gasteiger partial charge is 0.321 e. The van der Waals surface area contributed by atoms with Crippen molar-refractivity contribution in [3.8, 4) is 0 Å². The lowest BCUT2D eigenvalue weighted by atomic mass is 9.60. The van der Waals surface area contributed by atoms with E-state index in [9.17, 15) is 0 Å². The van der Waals surface area contributed by atoms with Gasteiger partial charge < -0.3 is 5.73 Å². The van der Waals surface area contributed by atoms with Gasteiger partial charge in [0.25, 0.3) is 0 Å². The SMILES string of the molecule is CC1C=CC=CC1(C)C1(N)CCc2ccccc21. The van der Waals surface area contributed by atoms with E-state index in [-0.39, 0.29) is 11.0 Å². The Hall–Kier alpha value is -1.34. The number of hydrogen-bond donors (Lipinski definition) is 1. The Balaban J connectivity index is 2.12. The summed E-state index contributed by atoms with van der Waals surface area (Å²) in [5.74, 6) is 0.471. The average molecular weight is 239 g/mol. The lowest BCUT2D eigenvalue weighted by Gasteiger charge is -2.47. The van der Waals surface area contributed by atoms with Crippen molar-refractivity contribution in [1.82, 2.24) is 0 Å². The third-order valence-corrected chi connectivity index (χ3v) is 5.15. The second kappa shape index (κ2) is 3.83. The maximum Gasteiger partial charge on any atom is 0.0510 e. The lowest BCUT2D eigenvalue weighted by Crippen LogP contribution is -2.52. The van der Waals surface area contributed by atoms with Crippen molar-refractivity contribution in [1.29, 1.82) is 0 Å². The maximum atomic E-state index is 6.88. The molecule has 1 aromatic carbocycles. The Labute approximate surface area is 109 Å². The number of aryl methyl sites for hydroxylation is 1. The van der Waals surface area contributed by atoms with Gasteiger partial charge in [-0.2, -0.15) is 0 Å². The highest BCUT2D eigenvalue weighted by molar-refractivity contribution is 5.43. The van der Waals surface area contributed by atoms with E-state index in [0.29, 0.717) is 5.92 Å². The Bertz CT molecular complexity index is 528. The standard InChI is InChI=1S/C17H21N/c1-13-7-5-6-11-16(13,2)17(18)12-10-14-8-3-4-9-15(14)17/h3-9,11,13H,10,12,18H2,1-2H3. The molecule has 0 aromatic heterocycles. The van der Waals surface area contributed by atoms with E-state index >= 15 is 0 Å². The molecule has 0 radical (unpaired) electrons. The highest BCUT2D eigenvalue weighted by Gasteiger charge is 2.50. The summed E-state index contributed by atoms with van der Waals surface area (Å²) in [6.45, 7) is 4.58. The first-order chi connectivity index (χ1) is 8.58. The second-order valence-corrected chi connectivity index (χ2v) is 5.94. The van der Waals surface area contributed by atoms with Crippen molar-refractivity contribution in [2.24, 2.45) is 17.1 Å². The predicted molar refractivity (Wildman–Crippen MR) is 76.2 cm³/mol. The molecule has 3 atom stereocenters. The van der Waals surface area contributed by atoms with Gasteiger partial charge in [-0.1, -0.05) is 62.4 Å². The van der Waals surface area contributed by atoms with Crippen molar-refractivity contribution < 1.29 is 0 Å². The monoisotopic (exact) mass is 239 g/mol. The third kappa shape index (κ3) is 1.37. The summed E-state index contributed by atoms with van der Waals surface area (Å²) in [7, 11) is 0. The van der Waals surface area contributed by atoms with Gasteiger partial charge in [-0.25, -0.2) is 0 Å². The molecule has 18 heavy (non-hydrogen) atoms. The number of allylic oxidation sites excluding steroid dienone is 3. The van der Waals surface area contributed by atoms with Crippen LogP contribution in [-0.4, -0.2) is 0 Å². The van der Waals surface area contributed by atoms with Crippen LogP contribution in [0.2, 0.25) is 0 Å². The van der Waals surface area contributed by atoms with Crippen molar-refractivity contribution >= 4 is 0 Å². The average Bonchev–Trinajstić information content (AvgIpc) is 2.73. The quantitative estimate of drug-likeness (QED) is 0.796. The summed E-state index contributed by atoms with van der Waals surface area (Å²) in [4.78, 5) is 0. The molecule has 2 N–H and O–H groups in total. The Morgan fingerprint density at radius 2 is 2.00 bits per heavy atom. The van der Waals surface area contributed by atoms with Gasteiger partial charge in [0.05, 0.1) is 5.54 Å². The van der Waals surface area contributed by atoms with Gasteiger partial charge in [-0.15, -0.1) is 0 Å². The van der Waals surface area contributed by atoms with Crippen molar-refractivity contribution in [3.05, 3.63) is 59.7 Å². The van der Waals surface area contributed by atoms with E-state index in [1.165, 1.54) is 11.1 Å². The van der Waals surface area contributed by atoms with Crippen LogP contribution < -0.4 is 5.73 Å². The molecule has 2 aliphatic rings. The highest BCUT2D eigenvalue weighted by Crippen LogP contribution is 2.52. The van der Waals surface area contributed by atoms with Crippen LogP contribution in [-0.2, 0) is 12.0 Å². The molecule has 0 aliphatic heterocycles. The Kier molecular flexibility index (Phi) is 2.49. The lowest BCUT2D eigenvalue weighted by molar-refractivity contribution is 0.150. The van der Waals surface area contributed by atoms with Gasteiger partial charge in [0.1, 0.15) is 0 Å². The third-order valence-electron chi connectivity index (χ3n) is 5.15. The summed E-state index contributed by atoms with van der Waals surface area (Å²) in [6, 6.07) is 8.67. The molecule has 94 valence electrons. The smallest absolute Gasteiger partial charge is 0.0510 e. The van der Waals surface area contributed by atoms with Crippen molar-refractivity contribution in [2.45, 2.75) is 32.2 Å². The van der Waals surface area contributed by atoms with Crippen LogP contribution in [0.25, 0.3) is 0 Å². The number of rotatable bonds is 1. The molecule has 1 nitrogen and oxygen atoms in total.